The largest absolute Gasteiger partial charge is 0.346 e. The first-order valence-corrected chi connectivity index (χ1v) is 8.06. The number of aromatic nitrogens is 2. The molecule has 2 atom stereocenters. The molecule has 116 valence electrons. The van der Waals surface area contributed by atoms with E-state index in [0.717, 1.165) is 38.0 Å². The molecule has 22 heavy (non-hydrogen) atoms. The number of pyridine rings is 1. The number of nitrogens with zero attached hydrogens (tertiary/aromatic N) is 3. The van der Waals surface area contributed by atoms with Crippen molar-refractivity contribution in [2.24, 2.45) is 0 Å². The molecule has 1 N–H and O–H groups in total. The third-order valence-electron chi connectivity index (χ3n) is 5.38. The van der Waals surface area contributed by atoms with Crippen molar-refractivity contribution in [1.29, 1.82) is 0 Å². The molecule has 2 fully saturated rings. The number of fused-ring (bicyclic) bond motifs is 3. The molecule has 0 aromatic carbocycles. The standard InChI is InChI=1S/C17H22N4O/c1-20-11-13-3-6-17(12-20,21(13)9-2-10-22)15-5-8-19-16-14(15)4-7-18-16/h4-5,7-8,10,13H,2-3,6,9,11-12H2,1H3,(H,18,19)/t13-,17-/m0/s1. The Bertz CT molecular complexity index is 697. The number of nitrogens with one attached hydrogen (secondary N) is 1. The Labute approximate surface area is 130 Å². The molecule has 2 saturated heterocycles. The number of hydrogen-bond donors (Lipinski definition) is 1. The van der Waals surface area contributed by atoms with Gasteiger partial charge in [-0.2, -0.15) is 0 Å². The first kappa shape index (κ1) is 13.9. The van der Waals surface area contributed by atoms with Crippen molar-refractivity contribution in [1.82, 2.24) is 19.8 Å². The monoisotopic (exact) mass is 298 g/mol. The van der Waals surface area contributed by atoms with Crippen LogP contribution in [0.3, 0.4) is 0 Å². The van der Waals surface area contributed by atoms with Crippen LogP contribution < -0.4 is 0 Å². The number of H-pyrrole nitrogens is 1. The molecule has 2 aromatic heterocycles. The number of rotatable bonds is 4. The number of carbonyl (C=O) groups is 1. The van der Waals surface area contributed by atoms with Crippen molar-refractivity contribution >= 4 is 17.3 Å². The Morgan fingerprint density at radius 1 is 1.50 bits per heavy atom. The molecule has 0 aliphatic carbocycles. The number of aromatic amines is 1. The quantitative estimate of drug-likeness (QED) is 0.874. The zero-order valence-corrected chi connectivity index (χ0v) is 13.0. The smallest absolute Gasteiger partial charge is 0.137 e. The van der Waals surface area contributed by atoms with Gasteiger partial charge in [-0.3, -0.25) is 4.90 Å². The molecule has 4 heterocycles. The second-order valence-corrected chi connectivity index (χ2v) is 6.67. The SMILES string of the molecule is CN1C[C@@H]2CC[C@@](c3ccnc4[nH]ccc34)(C1)N2CCC=O. The highest BCUT2D eigenvalue weighted by Crippen LogP contribution is 2.47. The van der Waals surface area contributed by atoms with E-state index >= 15 is 0 Å². The molecule has 4 rings (SSSR count). The van der Waals surface area contributed by atoms with Crippen LogP contribution in [0, 0.1) is 0 Å². The molecule has 0 saturated carbocycles. The summed E-state index contributed by atoms with van der Waals surface area (Å²) in [7, 11) is 2.21. The van der Waals surface area contributed by atoms with Gasteiger partial charge in [0, 0.05) is 49.9 Å². The van der Waals surface area contributed by atoms with Gasteiger partial charge in [-0.05, 0) is 37.6 Å². The van der Waals surface area contributed by atoms with Gasteiger partial charge in [0.05, 0.1) is 5.54 Å². The van der Waals surface area contributed by atoms with Gasteiger partial charge in [0.25, 0.3) is 0 Å². The summed E-state index contributed by atoms with van der Waals surface area (Å²) >= 11 is 0. The summed E-state index contributed by atoms with van der Waals surface area (Å²) in [6.45, 7) is 2.98. The Kier molecular flexibility index (Phi) is 3.27. The normalized spacial score (nSPS) is 29.2. The molecule has 2 aliphatic heterocycles. The molecule has 0 amide bonds. The van der Waals surface area contributed by atoms with Crippen LogP contribution in [0.4, 0.5) is 0 Å². The highest BCUT2D eigenvalue weighted by Gasteiger charge is 2.51. The van der Waals surface area contributed by atoms with Crippen LogP contribution in [0.5, 0.6) is 0 Å². The number of likely N-dealkylation sites (tertiary alicyclic amines) is 1. The van der Waals surface area contributed by atoms with Crippen LogP contribution in [0.15, 0.2) is 24.5 Å². The minimum Gasteiger partial charge on any atom is -0.346 e. The lowest BCUT2D eigenvalue weighted by molar-refractivity contribution is -0.108. The first-order valence-electron chi connectivity index (χ1n) is 8.06. The summed E-state index contributed by atoms with van der Waals surface area (Å²) in [5.74, 6) is 0. The molecule has 0 radical (unpaired) electrons. The zero-order chi connectivity index (χ0) is 15.2. The van der Waals surface area contributed by atoms with Crippen molar-refractivity contribution in [3.05, 3.63) is 30.1 Å². The molecule has 2 aliphatic rings. The van der Waals surface area contributed by atoms with Gasteiger partial charge in [-0.25, -0.2) is 4.98 Å². The maximum absolute atomic E-state index is 10.9. The van der Waals surface area contributed by atoms with Crippen LogP contribution in [-0.4, -0.2) is 58.8 Å². The van der Waals surface area contributed by atoms with Crippen LogP contribution in [-0.2, 0) is 10.3 Å². The minimum atomic E-state index is 0.0179. The number of hydrogen-bond acceptors (Lipinski definition) is 4. The van der Waals surface area contributed by atoms with Gasteiger partial charge in [0.15, 0.2) is 0 Å². The van der Waals surface area contributed by atoms with Crippen molar-refractivity contribution in [3.63, 3.8) is 0 Å². The van der Waals surface area contributed by atoms with E-state index in [1.165, 1.54) is 17.4 Å². The van der Waals surface area contributed by atoms with Crippen molar-refractivity contribution in [2.45, 2.75) is 30.8 Å². The van der Waals surface area contributed by atoms with E-state index in [4.69, 9.17) is 0 Å². The van der Waals surface area contributed by atoms with Gasteiger partial charge in [-0.1, -0.05) is 0 Å². The summed E-state index contributed by atoms with van der Waals surface area (Å²) in [6, 6.07) is 4.86. The van der Waals surface area contributed by atoms with Crippen molar-refractivity contribution in [3.8, 4) is 0 Å². The second kappa shape index (κ2) is 5.18. The number of piperazine rings is 1. The summed E-state index contributed by atoms with van der Waals surface area (Å²) in [4.78, 5) is 23.6. The van der Waals surface area contributed by atoms with Gasteiger partial charge in [-0.15, -0.1) is 0 Å². The Morgan fingerprint density at radius 2 is 2.41 bits per heavy atom. The predicted octanol–water partition coefficient (Wildman–Crippen LogP) is 1.76. The number of aldehydes is 1. The van der Waals surface area contributed by atoms with Crippen LogP contribution in [0.1, 0.15) is 24.8 Å². The molecule has 2 aromatic rings. The Balaban J connectivity index is 1.84. The van der Waals surface area contributed by atoms with Gasteiger partial charge >= 0.3 is 0 Å². The van der Waals surface area contributed by atoms with E-state index in [0.29, 0.717) is 12.5 Å². The van der Waals surface area contributed by atoms with E-state index in [2.05, 4.69) is 38.9 Å². The van der Waals surface area contributed by atoms with Crippen molar-refractivity contribution < 1.29 is 4.79 Å². The summed E-state index contributed by atoms with van der Waals surface area (Å²) in [5.41, 5.74) is 2.34. The average molecular weight is 298 g/mol. The fourth-order valence-corrected chi connectivity index (χ4v) is 4.61. The fourth-order valence-electron chi connectivity index (χ4n) is 4.61. The molecule has 5 heteroatoms. The first-order chi connectivity index (χ1) is 10.7. The van der Waals surface area contributed by atoms with E-state index < -0.39 is 0 Å². The summed E-state index contributed by atoms with van der Waals surface area (Å²) in [5, 5.41) is 1.22. The van der Waals surface area contributed by atoms with Crippen LogP contribution >= 0.6 is 0 Å². The van der Waals surface area contributed by atoms with Gasteiger partial charge in [0.2, 0.25) is 0 Å². The lowest BCUT2D eigenvalue weighted by Gasteiger charge is -2.48. The fraction of sp³-hybridized carbons (Fsp3) is 0.529. The molecule has 0 spiro atoms. The second-order valence-electron chi connectivity index (χ2n) is 6.67. The van der Waals surface area contributed by atoms with Crippen LogP contribution in [0.2, 0.25) is 0 Å². The maximum atomic E-state index is 10.9. The summed E-state index contributed by atoms with van der Waals surface area (Å²) in [6.07, 6.45) is 7.89. The van der Waals surface area contributed by atoms with E-state index in [1.54, 1.807) is 0 Å². The number of likely N-dealkylation sites (N-methyl/N-ethyl adjacent to an activating group) is 1. The molecular weight excluding hydrogens is 276 g/mol. The third kappa shape index (κ3) is 1.92. The number of carbonyl (C=O) groups excluding carboxylic acids is 1. The van der Waals surface area contributed by atoms with E-state index in [-0.39, 0.29) is 5.54 Å². The minimum absolute atomic E-state index is 0.0179. The Hall–Kier alpha value is -1.72. The topological polar surface area (TPSA) is 52.2 Å². The third-order valence-corrected chi connectivity index (χ3v) is 5.38. The van der Waals surface area contributed by atoms with E-state index in [1.807, 2.05) is 12.4 Å². The van der Waals surface area contributed by atoms with Crippen molar-refractivity contribution in [2.75, 3.05) is 26.7 Å². The van der Waals surface area contributed by atoms with E-state index in [9.17, 15) is 4.79 Å². The highest BCUT2D eigenvalue weighted by atomic mass is 16.1. The lowest BCUT2D eigenvalue weighted by atomic mass is 9.84. The summed E-state index contributed by atoms with van der Waals surface area (Å²) < 4.78 is 0. The molecule has 5 nitrogen and oxygen atoms in total. The zero-order valence-electron chi connectivity index (χ0n) is 13.0. The predicted molar refractivity (Wildman–Crippen MR) is 85.7 cm³/mol. The lowest BCUT2D eigenvalue weighted by Crippen LogP contribution is -2.59. The van der Waals surface area contributed by atoms with Crippen LogP contribution in [0.25, 0.3) is 11.0 Å². The van der Waals surface area contributed by atoms with Gasteiger partial charge in [0.1, 0.15) is 11.9 Å². The Morgan fingerprint density at radius 3 is 3.27 bits per heavy atom. The molecular formula is C17H22N4O. The van der Waals surface area contributed by atoms with Gasteiger partial charge < -0.3 is 14.7 Å². The maximum Gasteiger partial charge on any atom is 0.137 e. The molecule has 0 unspecified atom stereocenters. The highest BCUT2D eigenvalue weighted by molar-refractivity contribution is 5.80. The average Bonchev–Trinajstić information content (AvgIpc) is 3.07. The molecule has 2 bridgehead atoms.